The molecule has 1 aliphatic rings. The molecule has 0 saturated carbocycles. The standard InChI is InChI=1S/C13H13FN2OS/c14-12-10(8-17)1-4-15-13(12)16-5-2-11-9(7-16)3-6-18-11/h1,3-4,6,17H,2,5,7-8H2. The second-order valence-corrected chi connectivity index (χ2v) is 5.31. The second-order valence-electron chi connectivity index (χ2n) is 4.31. The number of anilines is 1. The van der Waals surface area contributed by atoms with Gasteiger partial charge in [0.05, 0.1) is 6.61 Å². The van der Waals surface area contributed by atoms with E-state index >= 15 is 0 Å². The number of rotatable bonds is 2. The van der Waals surface area contributed by atoms with E-state index in [-0.39, 0.29) is 6.61 Å². The van der Waals surface area contributed by atoms with Crippen molar-refractivity contribution in [3.05, 3.63) is 45.5 Å². The van der Waals surface area contributed by atoms with Crippen LogP contribution >= 0.6 is 11.3 Å². The van der Waals surface area contributed by atoms with E-state index in [9.17, 15) is 4.39 Å². The van der Waals surface area contributed by atoms with Crippen molar-refractivity contribution < 1.29 is 9.50 Å². The highest BCUT2D eigenvalue weighted by molar-refractivity contribution is 7.10. The molecule has 0 saturated heterocycles. The molecule has 3 rings (SSSR count). The third-order valence-electron chi connectivity index (χ3n) is 3.23. The van der Waals surface area contributed by atoms with Crippen LogP contribution in [0.1, 0.15) is 16.0 Å². The van der Waals surface area contributed by atoms with E-state index in [0.717, 1.165) is 13.0 Å². The van der Waals surface area contributed by atoms with Crippen molar-refractivity contribution in [2.24, 2.45) is 0 Å². The lowest BCUT2D eigenvalue weighted by atomic mass is 10.1. The number of nitrogens with zero attached hydrogens (tertiary/aromatic N) is 2. The number of fused-ring (bicyclic) bond motifs is 1. The maximum atomic E-state index is 14.1. The van der Waals surface area contributed by atoms with E-state index in [4.69, 9.17) is 5.11 Å². The van der Waals surface area contributed by atoms with Crippen LogP contribution in [0.3, 0.4) is 0 Å². The number of hydrogen-bond acceptors (Lipinski definition) is 4. The Morgan fingerprint density at radius 2 is 2.33 bits per heavy atom. The summed E-state index contributed by atoms with van der Waals surface area (Å²) in [6.45, 7) is 1.17. The smallest absolute Gasteiger partial charge is 0.171 e. The molecule has 0 aliphatic carbocycles. The maximum absolute atomic E-state index is 14.1. The Morgan fingerprint density at radius 3 is 3.17 bits per heavy atom. The van der Waals surface area contributed by atoms with E-state index in [0.29, 0.717) is 17.9 Å². The Bertz CT molecular complexity index is 570. The van der Waals surface area contributed by atoms with Gasteiger partial charge in [0, 0.05) is 29.7 Å². The zero-order valence-electron chi connectivity index (χ0n) is 9.77. The van der Waals surface area contributed by atoms with Gasteiger partial charge in [-0.25, -0.2) is 9.37 Å². The van der Waals surface area contributed by atoms with Gasteiger partial charge in [-0.1, -0.05) is 0 Å². The summed E-state index contributed by atoms with van der Waals surface area (Å²) in [4.78, 5) is 7.42. The van der Waals surface area contributed by atoms with Crippen molar-refractivity contribution in [3.8, 4) is 0 Å². The summed E-state index contributed by atoms with van der Waals surface area (Å²) >= 11 is 1.75. The number of aliphatic hydroxyl groups excluding tert-OH is 1. The van der Waals surface area contributed by atoms with Crippen LogP contribution in [0.4, 0.5) is 10.2 Å². The topological polar surface area (TPSA) is 36.4 Å². The molecule has 3 heterocycles. The van der Waals surface area contributed by atoms with Crippen LogP contribution in [0.15, 0.2) is 23.7 Å². The van der Waals surface area contributed by atoms with Crippen molar-refractivity contribution in [2.45, 2.75) is 19.6 Å². The Hall–Kier alpha value is -1.46. The second kappa shape index (κ2) is 4.66. The van der Waals surface area contributed by atoms with Gasteiger partial charge in [-0.05, 0) is 29.5 Å². The highest BCUT2D eigenvalue weighted by Crippen LogP contribution is 2.28. The van der Waals surface area contributed by atoms with Gasteiger partial charge < -0.3 is 10.0 Å². The minimum Gasteiger partial charge on any atom is -0.392 e. The molecular weight excluding hydrogens is 251 g/mol. The summed E-state index contributed by atoms with van der Waals surface area (Å²) in [7, 11) is 0. The van der Waals surface area contributed by atoms with Crippen LogP contribution in [0.2, 0.25) is 0 Å². The van der Waals surface area contributed by atoms with E-state index in [1.165, 1.54) is 16.5 Å². The van der Waals surface area contributed by atoms with Gasteiger partial charge in [-0.15, -0.1) is 11.3 Å². The average molecular weight is 264 g/mol. The summed E-state index contributed by atoms with van der Waals surface area (Å²) in [5, 5.41) is 11.2. The van der Waals surface area contributed by atoms with Crippen LogP contribution in [0, 0.1) is 5.82 Å². The predicted octanol–water partition coefficient (Wildman–Crippen LogP) is 2.34. The van der Waals surface area contributed by atoms with Crippen molar-refractivity contribution in [1.29, 1.82) is 0 Å². The first-order valence-electron chi connectivity index (χ1n) is 5.84. The lowest BCUT2D eigenvalue weighted by molar-refractivity contribution is 0.275. The highest BCUT2D eigenvalue weighted by atomic mass is 32.1. The summed E-state index contributed by atoms with van der Waals surface area (Å²) < 4.78 is 14.1. The maximum Gasteiger partial charge on any atom is 0.171 e. The normalized spacial score (nSPS) is 14.7. The van der Waals surface area contributed by atoms with Gasteiger partial charge in [0.25, 0.3) is 0 Å². The van der Waals surface area contributed by atoms with Crippen LogP contribution in [-0.2, 0) is 19.6 Å². The molecular formula is C13H13FN2OS. The largest absolute Gasteiger partial charge is 0.392 e. The quantitative estimate of drug-likeness (QED) is 0.904. The van der Waals surface area contributed by atoms with E-state index in [1.807, 2.05) is 4.90 Å². The van der Waals surface area contributed by atoms with Gasteiger partial charge >= 0.3 is 0 Å². The van der Waals surface area contributed by atoms with Crippen LogP contribution in [0.5, 0.6) is 0 Å². The fourth-order valence-electron chi connectivity index (χ4n) is 2.24. The van der Waals surface area contributed by atoms with Gasteiger partial charge in [-0.2, -0.15) is 0 Å². The minimum atomic E-state index is -0.404. The van der Waals surface area contributed by atoms with Crippen molar-refractivity contribution >= 4 is 17.2 Å². The Morgan fingerprint density at radius 1 is 1.44 bits per heavy atom. The van der Waals surface area contributed by atoms with E-state index in [1.54, 1.807) is 17.5 Å². The molecule has 0 amide bonds. The number of thiophene rings is 1. The van der Waals surface area contributed by atoms with E-state index in [2.05, 4.69) is 16.4 Å². The molecule has 0 atom stereocenters. The van der Waals surface area contributed by atoms with Crippen LogP contribution in [-0.4, -0.2) is 16.6 Å². The average Bonchev–Trinajstić information content (AvgIpc) is 2.86. The molecule has 1 N–H and O–H groups in total. The van der Waals surface area contributed by atoms with Crippen molar-refractivity contribution in [2.75, 3.05) is 11.4 Å². The number of hydrogen-bond donors (Lipinski definition) is 1. The number of aliphatic hydroxyl groups is 1. The summed E-state index contributed by atoms with van der Waals surface area (Å²) in [6, 6.07) is 3.60. The first kappa shape index (κ1) is 11.6. The van der Waals surface area contributed by atoms with Gasteiger partial charge in [0.2, 0.25) is 0 Å². The van der Waals surface area contributed by atoms with Gasteiger partial charge in [0.15, 0.2) is 11.6 Å². The third kappa shape index (κ3) is 1.89. The zero-order valence-corrected chi connectivity index (χ0v) is 10.6. The molecule has 0 fully saturated rings. The number of aromatic nitrogens is 1. The molecule has 0 aromatic carbocycles. The molecule has 0 radical (unpaired) electrons. The molecule has 5 heteroatoms. The van der Waals surface area contributed by atoms with Gasteiger partial charge in [0.1, 0.15) is 0 Å². The summed E-state index contributed by atoms with van der Waals surface area (Å²) in [5.41, 5.74) is 1.55. The molecule has 1 aliphatic heterocycles. The SMILES string of the molecule is OCc1ccnc(N2CCc3sccc3C2)c1F. The molecule has 3 nitrogen and oxygen atoms in total. The molecule has 0 spiro atoms. The fourth-order valence-corrected chi connectivity index (χ4v) is 3.13. The van der Waals surface area contributed by atoms with E-state index < -0.39 is 5.82 Å². The monoisotopic (exact) mass is 264 g/mol. The first-order chi connectivity index (χ1) is 8.79. The summed E-state index contributed by atoms with van der Waals surface area (Å²) in [6.07, 6.45) is 2.48. The molecule has 0 bridgehead atoms. The van der Waals surface area contributed by atoms with Crippen LogP contribution in [0.25, 0.3) is 0 Å². The molecule has 18 heavy (non-hydrogen) atoms. The number of pyridine rings is 1. The lowest BCUT2D eigenvalue weighted by Crippen LogP contribution is -2.31. The van der Waals surface area contributed by atoms with Gasteiger partial charge in [-0.3, -0.25) is 0 Å². The lowest BCUT2D eigenvalue weighted by Gasteiger charge is -2.28. The minimum absolute atomic E-state index is 0.293. The predicted molar refractivity (Wildman–Crippen MR) is 69.2 cm³/mol. The molecule has 2 aromatic rings. The molecule has 2 aromatic heterocycles. The third-order valence-corrected chi connectivity index (χ3v) is 4.25. The summed E-state index contributed by atoms with van der Waals surface area (Å²) in [5.74, 6) is -0.0583. The molecule has 0 unspecified atom stereocenters. The Kier molecular flexibility index (Phi) is 3.01. The van der Waals surface area contributed by atoms with Crippen molar-refractivity contribution in [3.63, 3.8) is 0 Å². The molecule has 94 valence electrons. The Labute approximate surface area is 109 Å². The fraction of sp³-hybridized carbons (Fsp3) is 0.308. The zero-order chi connectivity index (χ0) is 12.5. The van der Waals surface area contributed by atoms with Crippen molar-refractivity contribution in [1.82, 2.24) is 4.98 Å². The highest BCUT2D eigenvalue weighted by Gasteiger charge is 2.21. The first-order valence-corrected chi connectivity index (χ1v) is 6.72. The van der Waals surface area contributed by atoms with Crippen LogP contribution < -0.4 is 4.90 Å². The number of halogens is 1. The Balaban J connectivity index is 1.93.